The summed E-state index contributed by atoms with van der Waals surface area (Å²) in [4.78, 5) is 32.7. The van der Waals surface area contributed by atoms with Crippen LogP contribution in [-0.2, 0) is 19.7 Å². The molecule has 2 unspecified atom stereocenters. The van der Waals surface area contributed by atoms with Crippen LogP contribution < -0.4 is 10.6 Å². The van der Waals surface area contributed by atoms with Gasteiger partial charge in [0.1, 0.15) is 17.4 Å². The average molecular weight is 481 g/mol. The van der Waals surface area contributed by atoms with E-state index >= 15 is 0 Å². The normalized spacial score (nSPS) is 21.2. The van der Waals surface area contributed by atoms with Crippen LogP contribution in [0.3, 0.4) is 0 Å². The monoisotopic (exact) mass is 480 g/mol. The second-order valence-electron chi connectivity index (χ2n) is 9.02. The van der Waals surface area contributed by atoms with Crippen molar-refractivity contribution in [3.63, 3.8) is 0 Å². The van der Waals surface area contributed by atoms with E-state index in [1.165, 1.54) is 0 Å². The third-order valence-electron chi connectivity index (χ3n) is 6.36. The lowest BCUT2D eigenvalue weighted by molar-refractivity contribution is -0.135. The van der Waals surface area contributed by atoms with E-state index in [4.69, 9.17) is 9.72 Å². The molecule has 180 valence electrons. The number of thiazole rings is 1. The first-order chi connectivity index (χ1) is 16.4. The van der Waals surface area contributed by atoms with Gasteiger partial charge >= 0.3 is 0 Å². The smallest absolute Gasteiger partial charge is 0.236 e. The second-order valence-corrected chi connectivity index (χ2v) is 10.1. The molecule has 1 aliphatic rings. The fourth-order valence-electron chi connectivity index (χ4n) is 4.86. The first-order valence-corrected chi connectivity index (χ1v) is 12.4. The van der Waals surface area contributed by atoms with Crippen LogP contribution in [-0.4, -0.2) is 61.4 Å². The SMILES string of the molecule is CNCC(=O)N1C[C@](C=O)(c2ccccc2NC)CC1C(OC(C)C)c1nc2ccccc2s1. The van der Waals surface area contributed by atoms with Crippen molar-refractivity contribution in [1.82, 2.24) is 15.2 Å². The van der Waals surface area contributed by atoms with Crippen LogP contribution in [0.25, 0.3) is 10.2 Å². The number of anilines is 1. The maximum absolute atomic E-state index is 13.3. The van der Waals surface area contributed by atoms with Crippen molar-refractivity contribution in [2.45, 2.75) is 43.9 Å². The predicted molar refractivity (Wildman–Crippen MR) is 136 cm³/mol. The number of para-hydroxylation sites is 2. The Hall–Kier alpha value is -2.81. The van der Waals surface area contributed by atoms with Crippen LogP contribution in [0, 0.1) is 0 Å². The van der Waals surface area contributed by atoms with Gasteiger partial charge in [-0.25, -0.2) is 4.98 Å². The Morgan fingerprint density at radius 3 is 2.65 bits per heavy atom. The molecule has 1 fully saturated rings. The van der Waals surface area contributed by atoms with E-state index in [0.29, 0.717) is 13.0 Å². The Bertz CT molecular complexity index is 1130. The number of amides is 1. The van der Waals surface area contributed by atoms with Gasteiger partial charge in [0.25, 0.3) is 0 Å². The van der Waals surface area contributed by atoms with Crippen molar-refractivity contribution < 1.29 is 14.3 Å². The molecule has 0 saturated carbocycles. The number of aromatic nitrogens is 1. The molecule has 1 aromatic heterocycles. The highest BCUT2D eigenvalue weighted by Crippen LogP contribution is 2.45. The number of aldehydes is 1. The van der Waals surface area contributed by atoms with Crippen LogP contribution in [0.4, 0.5) is 5.69 Å². The molecule has 2 aromatic carbocycles. The van der Waals surface area contributed by atoms with E-state index < -0.39 is 11.5 Å². The number of nitrogens with zero attached hydrogens (tertiary/aromatic N) is 2. The zero-order valence-electron chi connectivity index (χ0n) is 20.1. The number of hydrogen-bond acceptors (Lipinski definition) is 7. The zero-order valence-corrected chi connectivity index (χ0v) is 20.9. The van der Waals surface area contributed by atoms with Gasteiger partial charge in [-0.3, -0.25) is 4.79 Å². The Balaban J connectivity index is 1.82. The molecule has 3 aromatic rings. The number of ether oxygens (including phenoxy) is 1. The van der Waals surface area contributed by atoms with Crippen LogP contribution in [0.1, 0.15) is 36.9 Å². The number of fused-ring (bicyclic) bond motifs is 1. The molecule has 1 aliphatic heterocycles. The summed E-state index contributed by atoms with van der Waals surface area (Å²) in [5, 5.41) is 7.00. The van der Waals surface area contributed by atoms with Crippen LogP contribution >= 0.6 is 11.3 Å². The Morgan fingerprint density at radius 1 is 1.24 bits per heavy atom. The molecule has 2 heterocycles. The van der Waals surface area contributed by atoms with E-state index in [9.17, 15) is 9.59 Å². The maximum atomic E-state index is 13.3. The van der Waals surface area contributed by atoms with E-state index in [2.05, 4.69) is 10.6 Å². The second kappa shape index (κ2) is 10.2. The standard InChI is InChI=1S/C26H32N4O3S/c1-17(2)33-24(25-29-20-11-7-8-12-22(20)34-25)21-13-26(16-31,15-30(21)23(32)14-27-3)18-9-5-6-10-19(18)28-4/h5-12,16-17,21,24,27-28H,13-15H2,1-4H3/t21?,24?,26-/m1/s1. The number of carbonyl (C=O) groups excluding carboxylic acids is 2. The highest BCUT2D eigenvalue weighted by molar-refractivity contribution is 7.18. The van der Waals surface area contributed by atoms with Crippen molar-refractivity contribution in [2.75, 3.05) is 32.5 Å². The van der Waals surface area contributed by atoms with Gasteiger partial charge in [0.15, 0.2) is 0 Å². The molecule has 1 amide bonds. The molecule has 2 N–H and O–H groups in total. The van der Waals surface area contributed by atoms with Gasteiger partial charge in [-0.15, -0.1) is 11.3 Å². The van der Waals surface area contributed by atoms with Crippen molar-refractivity contribution in [1.29, 1.82) is 0 Å². The third kappa shape index (κ3) is 4.58. The van der Waals surface area contributed by atoms with Gasteiger partial charge in [0.2, 0.25) is 5.91 Å². The lowest BCUT2D eigenvalue weighted by atomic mass is 9.78. The summed E-state index contributed by atoms with van der Waals surface area (Å²) in [5.74, 6) is -0.0587. The lowest BCUT2D eigenvalue weighted by Crippen LogP contribution is -2.44. The Labute approximate surface area is 204 Å². The van der Waals surface area contributed by atoms with Gasteiger partial charge in [-0.05, 0) is 51.1 Å². The first kappa shape index (κ1) is 24.3. The molecule has 7 nitrogen and oxygen atoms in total. The first-order valence-electron chi connectivity index (χ1n) is 11.6. The fraction of sp³-hybridized carbons (Fsp3) is 0.423. The summed E-state index contributed by atoms with van der Waals surface area (Å²) in [6, 6.07) is 15.5. The summed E-state index contributed by atoms with van der Waals surface area (Å²) in [6.07, 6.45) is 0.946. The number of benzene rings is 2. The minimum absolute atomic E-state index is 0.0587. The molecular weight excluding hydrogens is 448 g/mol. The van der Waals surface area contributed by atoms with Crippen LogP contribution in [0.5, 0.6) is 0 Å². The Kier molecular flexibility index (Phi) is 7.30. The molecule has 3 atom stereocenters. The molecular formula is C26H32N4O3S. The zero-order chi connectivity index (χ0) is 24.3. The molecule has 0 spiro atoms. The number of likely N-dealkylation sites (N-methyl/N-ethyl adjacent to an activating group) is 1. The van der Waals surface area contributed by atoms with Gasteiger partial charge in [0, 0.05) is 19.3 Å². The van der Waals surface area contributed by atoms with Crippen LogP contribution in [0.2, 0.25) is 0 Å². The average Bonchev–Trinajstić information content (AvgIpc) is 3.45. The molecule has 0 aliphatic carbocycles. The number of rotatable bonds is 9. The van der Waals surface area contributed by atoms with Crippen molar-refractivity contribution in [3.05, 3.63) is 59.1 Å². The van der Waals surface area contributed by atoms with Gasteiger partial charge in [-0.2, -0.15) is 0 Å². The van der Waals surface area contributed by atoms with Crippen molar-refractivity contribution >= 4 is 39.4 Å². The molecule has 1 saturated heterocycles. The van der Waals surface area contributed by atoms with E-state index in [-0.39, 0.29) is 24.6 Å². The van der Waals surface area contributed by atoms with Gasteiger partial charge in [-0.1, -0.05) is 30.3 Å². The number of carbonyl (C=O) groups is 2. The Morgan fingerprint density at radius 2 is 1.97 bits per heavy atom. The predicted octanol–water partition coefficient (Wildman–Crippen LogP) is 3.76. The summed E-state index contributed by atoms with van der Waals surface area (Å²) in [7, 11) is 3.60. The topological polar surface area (TPSA) is 83.6 Å². The molecule has 0 radical (unpaired) electrons. The minimum atomic E-state index is -0.844. The quantitative estimate of drug-likeness (QED) is 0.454. The van der Waals surface area contributed by atoms with E-state index in [1.54, 1.807) is 18.4 Å². The van der Waals surface area contributed by atoms with Gasteiger partial charge < -0.3 is 25.1 Å². The summed E-state index contributed by atoms with van der Waals surface area (Å²) in [6.45, 7) is 4.45. The summed E-state index contributed by atoms with van der Waals surface area (Å²) < 4.78 is 7.51. The fourth-order valence-corrected chi connectivity index (χ4v) is 5.93. The third-order valence-corrected chi connectivity index (χ3v) is 7.45. The number of likely N-dealkylation sites (tertiary alicyclic amines) is 1. The highest BCUT2D eigenvalue weighted by Gasteiger charge is 2.51. The molecule has 4 rings (SSSR count). The molecule has 0 bridgehead atoms. The largest absolute Gasteiger partial charge is 0.388 e. The number of nitrogens with one attached hydrogen (secondary N) is 2. The minimum Gasteiger partial charge on any atom is -0.388 e. The summed E-state index contributed by atoms with van der Waals surface area (Å²) >= 11 is 1.58. The highest BCUT2D eigenvalue weighted by atomic mass is 32.1. The number of hydrogen-bond donors (Lipinski definition) is 2. The molecule has 34 heavy (non-hydrogen) atoms. The van der Waals surface area contributed by atoms with Crippen molar-refractivity contribution in [2.24, 2.45) is 0 Å². The van der Waals surface area contributed by atoms with Crippen molar-refractivity contribution in [3.8, 4) is 0 Å². The molecule has 8 heteroatoms. The van der Waals surface area contributed by atoms with E-state index in [0.717, 1.165) is 32.8 Å². The lowest BCUT2D eigenvalue weighted by Gasteiger charge is -2.31. The van der Waals surface area contributed by atoms with E-state index in [1.807, 2.05) is 74.3 Å². The van der Waals surface area contributed by atoms with Gasteiger partial charge in [0.05, 0.1) is 34.3 Å². The maximum Gasteiger partial charge on any atom is 0.236 e. The summed E-state index contributed by atoms with van der Waals surface area (Å²) in [5.41, 5.74) is 1.85. The van der Waals surface area contributed by atoms with Crippen LogP contribution in [0.15, 0.2) is 48.5 Å².